The molecule has 7 heteroatoms. The minimum Gasteiger partial charge on any atom is -0.334 e. The second kappa shape index (κ2) is 6.87. The fraction of sp³-hybridized carbons (Fsp3) is 0.308. The van der Waals surface area contributed by atoms with Crippen LogP contribution in [-0.2, 0) is 9.59 Å². The average Bonchev–Trinajstić information content (AvgIpc) is 2.35. The number of nitrogens with zero attached hydrogens (tertiary/aromatic N) is 2. The van der Waals surface area contributed by atoms with Crippen LogP contribution in [0, 0.1) is 17.1 Å². The van der Waals surface area contributed by atoms with Gasteiger partial charge < -0.3 is 10.2 Å². The van der Waals surface area contributed by atoms with E-state index in [1.807, 2.05) is 6.07 Å². The molecule has 1 aromatic rings. The molecule has 1 rings (SSSR count). The Morgan fingerprint density at radius 3 is 2.70 bits per heavy atom. The van der Waals surface area contributed by atoms with Crippen molar-refractivity contribution in [2.75, 3.05) is 12.4 Å². The lowest BCUT2D eigenvalue weighted by Gasteiger charge is -2.22. The van der Waals surface area contributed by atoms with Gasteiger partial charge in [0.1, 0.15) is 5.82 Å². The van der Waals surface area contributed by atoms with Crippen molar-refractivity contribution >= 4 is 29.1 Å². The largest absolute Gasteiger partial charge is 0.334 e. The van der Waals surface area contributed by atoms with E-state index < -0.39 is 23.7 Å². The van der Waals surface area contributed by atoms with E-state index in [0.717, 1.165) is 17.0 Å². The van der Waals surface area contributed by atoms with E-state index >= 15 is 0 Å². The fourth-order valence-corrected chi connectivity index (χ4v) is 1.66. The van der Waals surface area contributed by atoms with Gasteiger partial charge in [-0.3, -0.25) is 9.59 Å². The Hall–Kier alpha value is -2.13. The lowest BCUT2D eigenvalue weighted by atomic mass is 10.2. The molecule has 1 atom stereocenters. The second-order valence-corrected chi connectivity index (χ2v) is 4.68. The lowest BCUT2D eigenvalue weighted by molar-refractivity contribution is -0.143. The quantitative estimate of drug-likeness (QED) is 0.869. The van der Waals surface area contributed by atoms with Gasteiger partial charge in [-0.1, -0.05) is 11.6 Å². The lowest BCUT2D eigenvalue weighted by Crippen LogP contribution is -2.42. The van der Waals surface area contributed by atoms with Gasteiger partial charge in [-0.05, 0) is 25.1 Å². The standard InChI is InChI=1S/C13H13ClFN3O2/c1-8(3-4-16)18(2)13(20)12(19)17-11-6-9(14)5-10(15)7-11/h5-8H,3H2,1-2H3,(H,17,19)/t8-/m0/s1. The first-order valence-corrected chi connectivity index (χ1v) is 6.14. The predicted octanol–water partition coefficient (Wildman–Crippen LogP) is 2.18. The summed E-state index contributed by atoms with van der Waals surface area (Å²) >= 11 is 5.64. The third-order valence-corrected chi connectivity index (χ3v) is 2.90. The van der Waals surface area contributed by atoms with E-state index in [0.29, 0.717) is 0 Å². The molecule has 0 bridgehead atoms. The molecule has 20 heavy (non-hydrogen) atoms. The molecule has 0 fully saturated rings. The zero-order valence-corrected chi connectivity index (χ0v) is 11.7. The number of hydrogen-bond acceptors (Lipinski definition) is 3. The summed E-state index contributed by atoms with van der Waals surface area (Å²) in [5.41, 5.74) is 0.0923. The van der Waals surface area contributed by atoms with Crippen LogP contribution in [0.15, 0.2) is 18.2 Å². The highest BCUT2D eigenvalue weighted by atomic mass is 35.5. The molecule has 0 aliphatic rings. The number of nitrogens with one attached hydrogen (secondary N) is 1. The number of hydrogen-bond donors (Lipinski definition) is 1. The number of nitriles is 1. The van der Waals surface area contributed by atoms with Gasteiger partial charge in [0.15, 0.2) is 0 Å². The summed E-state index contributed by atoms with van der Waals surface area (Å²) in [6, 6.07) is 4.98. The predicted molar refractivity (Wildman–Crippen MR) is 72.5 cm³/mol. The van der Waals surface area contributed by atoms with Crippen LogP contribution in [0.25, 0.3) is 0 Å². The molecule has 5 nitrogen and oxygen atoms in total. The van der Waals surface area contributed by atoms with Crippen molar-refractivity contribution in [1.82, 2.24) is 4.90 Å². The third-order valence-electron chi connectivity index (χ3n) is 2.68. The molecule has 1 N–H and O–H groups in total. The van der Waals surface area contributed by atoms with E-state index in [2.05, 4.69) is 5.32 Å². The monoisotopic (exact) mass is 297 g/mol. The Balaban J connectivity index is 2.75. The molecular weight excluding hydrogens is 285 g/mol. The van der Waals surface area contributed by atoms with E-state index in [1.165, 1.54) is 13.1 Å². The molecular formula is C13H13ClFN3O2. The smallest absolute Gasteiger partial charge is 0.313 e. The number of amides is 2. The molecule has 0 saturated carbocycles. The van der Waals surface area contributed by atoms with Crippen LogP contribution in [-0.4, -0.2) is 29.8 Å². The van der Waals surface area contributed by atoms with Crippen molar-refractivity contribution in [2.24, 2.45) is 0 Å². The van der Waals surface area contributed by atoms with Crippen molar-refractivity contribution in [1.29, 1.82) is 5.26 Å². The molecule has 0 aliphatic heterocycles. The van der Waals surface area contributed by atoms with Crippen molar-refractivity contribution in [3.05, 3.63) is 29.0 Å². The van der Waals surface area contributed by atoms with Crippen LogP contribution >= 0.6 is 11.6 Å². The van der Waals surface area contributed by atoms with Crippen LogP contribution in [0.3, 0.4) is 0 Å². The Bertz CT molecular complexity index is 551. The van der Waals surface area contributed by atoms with Gasteiger partial charge in [0.05, 0.1) is 12.5 Å². The molecule has 0 aliphatic carbocycles. The Morgan fingerprint density at radius 2 is 2.15 bits per heavy atom. The van der Waals surface area contributed by atoms with Gasteiger partial charge in [-0.2, -0.15) is 5.26 Å². The molecule has 106 valence electrons. The van der Waals surface area contributed by atoms with Crippen molar-refractivity contribution in [3.63, 3.8) is 0 Å². The summed E-state index contributed by atoms with van der Waals surface area (Å²) in [6.45, 7) is 1.65. The first-order chi connectivity index (χ1) is 9.35. The van der Waals surface area contributed by atoms with Crippen molar-refractivity contribution in [3.8, 4) is 6.07 Å². The average molecular weight is 298 g/mol. The molecule has 0 aromatic heterocycles. The SMILES string of the molecule is C[C@@H](CC#N)N(C)C(=O)C(=O)Nc1cc(F)cc(Cl)c1. The van der Waals surface area contributed by atoms with Crippen LogP contribution < -0.4 is 5.32 Å². The summed E-state index contributed by atoms with van der Waals surface area (Å²) in [5.74, 6) is -2.35. The Morgan fingerprint density at radius 1 is 1.50 bits per heavy atom. The zero-order chi connectivity index (χ0) is 15.3. The van der Waals surface area contributed by atoms with Gasteiger partial charge in [-0.25, -0.2) is 4.39 Å². The first-order valence-electron chi connectivity index (χ1n) is 5.76. The normalized spacial score (nSPS) is 11.3. The van der Waals surface area contributed by atoms with Gasteiger partial charge in [0, 0.05) is 23.8 Å². The Kier molecular flexibility index (Phi) is 5.47. The molecule has 0 unspecified atom stereocenters. The van der Waals surface area contributed by atoms with Crippen LogP contribution in [0.4, 0.5) is 10.1 Å². The molecule has 0 heterocycles. The zero-order valence-electron chi connectivity index (χ0n) is 11.0. The van der Waals surface area contributed by atoms with Crippen LogP contribution in [0.5, 0.6) is 0 Å². The summed E-state index contributed by atoms with van der Waals surface area (Å²) in [6.07, 6.45) is 0.112. The van der Waals surface area contributed by atoms with E-state index in [9.17, 15) is 14.0 Å². The molecule has 0 spiro atoms. The summed E-state index contributed by atoms with van der Waals surface area (Å²) < 4.78 is 13.1. The minimum atomic E-state index is -0.918. The maximum absolute atomic E-state index is 13.1. The number of rotatable bonds is 3. The Labute approximate surface area is 120 Å². The number of carbonyl (C=O) groups is 2. The van der Waals surface area contributed by atoms with Crippen molar-refractivity contribution < 1.29 is 14.0 Å². The second-order valence-electron chi connectivity index (χ2n) is 4.24. The van der Waals surface area contributed by atoms with Crippen molar-refractivity contribution in [2.45, 2.75) is 19.4 Å². The highest BCUT2D eigenvalue weighted by Crippen LogP contribution is 2.18. The molecule has 2 amide bonds. The van der Waals surface area contributed by atoms with E-state index in [-0.39, 0.29) is 17.1 Å². The van der Waals surface area contributed by atoms with Gasteiger partial charge in [0.2, 0.25) is 0 Å². The number of anilines is 1. The highest BCUT2D eigenvalue weighted by molar-refractivity contribution is 6.39. The summed E-state index contributed by atoms with van der Waals surface area (Å²) in [4.78, 5) is 24.7. The molecule has 1 aromatic carbocycles. The summed E-state index contributed by atoms with van der Waals surface area (Å²) in [5, 5.41) is 10.9. The number of carbonyl (C=O) groups excluding carboxylic acids is 2. The van der Waals surface area contributed by atoms with Gasteiger partial charge in [-0.15, -0.1) is 0 Å². The number of benzene rings is 1. The maximum Gasteiger partial charge on any atom is 0.313 e. The number of halogens is 2. The van der Waals surface area contributed by atoms with E-state index in [4.69, 9.17) is 16.9 Å². The van der Waals surface area contributed by atoms with Gasteiger partial charge in [0.25, 0.3) is 0 Å². The van der Waals surface area contributed by atoms with Crippen LogP contribution in [0.1, 0.15) is 13.3 Å². The molecule has 0 saturated heterocycles. The summed E-state index contributed by atoms with van der Waals surface area (Å²) in [7, 11) is 1.42. The fourth-order valence-electron chi connectivity index (χ4n) is 1.44. The maximum atomic E-state index is 13.1. The topological polar surface area (TPSA) is 73.2 Å². The van der Waals surface area contributed by atoms with E-state index in [1.54, 1.807) is 6.92 Å². The minimum absolute atomic E-state index is 0.0923. The number of likely N-dealkylation sites (N-methyl/N-ethyl adjacent to an activating group) is 1. The first kappa shape index (κ1) is 15.9. The molecule has 0 radical (unpaired) electrons. The van der Waals surface area contributed by atoms with Gasteiger partial charge >= 0.3 is 11.8 Å². The highest BCUT2D eigenvalue weighted by Gasteiger charge is 2.22. The third kappa shape index (κ3) is 4.21. The van der Waals surface area contributed by atoms with Crippen LogP contribution in [0.2, 0.25) is 5.02 Å².